The standard InChI is InChI=1S/C16H20/c1-4-12(2)13(3)15-11-7-9-14-8-5-6-10-16(14)15/h5-13H,4H2,1-3H3. The smallest absolute Gasteiger partial charge is 0.0149 e. The van der Waals surface area contributed by atoms with Gasteiger partial charge in [0.1, 0.15) is 0 Å². The number of rotatable bonds is 3. The van der Waals surface area contributed by atoms with Crippen LogP contribution in [0.3, 0.4) is 0 Å². The van der Waals surface area contributed by atoms with Crippen LogP contribution < -0.4 is 0 Å². The predicted octanol–water partition coefficient (Wildman–Crippen LogP) is 4.99. The third-order valence-corrected chi connectivity index (χ3v) is 3.81. The molecule has 0 heterocycles. The zero-order valence-electron chi connectivity index (χ0n) is 10.4. The second kappa shape index (κ2) is 4.69. The maximum absolute atomic E-state index is 2.34. The molecule has 0 saturated carbocycles. The van der Waals surface area contributed by atoms with Gasteiger partial charge in [-0.3, -0.25) is 0 Å². The number of hydrogen-bond donors (Lipinski definition) is 0. The number of fused-ring (bicyclic) bond motifs is 1. The molecule has 0 saturated heterocycles. The van der Waals surface area contributed by atoms with Crippen molar-refractivity contribution in [1.82, 2.24) is 0 Å². The Labute approximate surface area is 98.3 Å². The lowest BCUT2D eigenvalue weighted by Gasteiger charge is -2.20. The summed E-state index contributed by atoms with van der Waals surface area (Å²) in [7, 11) is 0. The van der Waals surface area contributed by atoms with E-state index in [-0.39, 0.29) is 0 Å². The van der Waals surface area contributed by atoms with Gasteiger partial charge in [-0.1, -0.05) is 69.7 Å². The molecule has 2 aromatic rings. The summed E-state index contributed by atoms with van der Waals surface area (Å²) < 4.78 is 0. The highest BCUT2D eigenvalue weighted by Crippen LogP contribution is 2.31. The molecule has 0 radical (unpaired) electrons. The third kappa shape index (κ3) is 1.97. The molecule has 0 N–H and O–H groups in total. The zero-order chi connectivity index (χ0) is 11.5. The van der Waals surface area contributed by atoms with Crippen LogP contribution in [0.15, 0.2) is 42.5 Å². The van der Waals surface area contributed by atoms with Crippen molar-refractivity contribution in [1.29, 1.82) is 0 Å². The molecule has 0 heteroatoms. The quantitative estimate of drug-likeness (QED) is 0.672. The molecule has 0 aliphatic carbocycles. The molecule has 0 bridgehead atoms. The van der Waals surface area contributed by atoms with E-state index in [9.17, 15) is 0 Å². The highest BCUT2D eigenvalue weighted by Gasteiger charge is 2.14. The van der Waals surface area contributed by atoms with Gasteiger partial charge in [0.05, 0.1) is 0 Å². The van der Waals surface area contributed by atoms with Gasteiger partial charge in [0.25, 0.3) is 0 Å². The minimum absolute atomic E-state index is 0.635. The van der Waals surface area contributed by atoms with Gasteiger partial charge < -0.3 is 0 Å². The van der Waals surface area contributed by atoms with E-state index < -0.39 is 0 Å². The summed E-state index contributed by atoms with van der Waals surface area (Å²) in [6, 6.07) is 15.3. The van der Waals surface area contributed by atoms with Crippen LogP contribution >= 0.6 is 0 Å². The number of hydrogen-bond acceptors (Lipinski definition) is 0. The van der Waals surface area contributed by atoms with Gasteiger partial charge in [0, 0.05) is 0 Å². The largest absolute Gasteiger partial charge is 0.0651 e. The predicted molar refractivity (Wildman–Crippen MR) is 71.8 cm³/mol. The fourth-order valence-electron chi connectivity index (χ4n) is 2.31. The average Bonchev–Trinajstić information content (AvgIpc) is 2.36. The third-order valence-electron chi connectivity index (χ3n) is 3.81. The van der Waals surface area contributed by atoms with Crippen molar-refractivity contribution in [3.05, 3.63) is 48.0 Å². The van der Waals surface area contributed by atoms with Crippen LogP contribution in [-0.4, -0.2) is 0 Å². The minimum atomic E-state index is 0.635. The summed E-state index contributed by atoms with van der Waals surface area (Å²) in [6.45, 7) is 6.95. The van der Waals surface area contributed by atoms with Gasteiger partial charge in [-0.15, -0.1) is 0 Å². The molecule has 2 aromatic carbocycles. The van der Waals surface area contributed by atoms with E-state index in [2.05, 4.69) is 63.2 Å². The molecule has 0 spiro atoms. The van der Waals surface area contributed by atoms with Crippen LogP contribution in [0.5, 0.6) is 0 Å². The fourth-order valence-corrected chi connectivity index (χ4v) is 2.31. The van der Waals surface area contributed by atoms with Crippen molar-refractivity contribution < 1.29 is 0 Å². The molecule has 0 aliphatic rings. The van der Waals surface area contributed by atoms with E-state index in [1.807, 2.05) is 0 Å². The van der Waals surface area contributed by atoms with Crippen LogP contribution in [0.1, 0.15) is 38.7 Å². The summed E-state index contributed by atoms with van der Waals surface area (Å²) >= 11 is 0. The fraction of sp³-hybridized carbons (Fsp3) is 0.375. The maximum atomic E-state index is 2.34. The summed E-state index contributed by atoms with van der Waals surface area (Å²) in [5.41, 5.74) is 1.49. The van der Waals surface area contributed by atoms with E-state index in [0.29, 0.717) is 5.92 Å². The molecular formula is C16H20. The molecule has 2 rings (SSSR count). The van der Waals surface area contributed by atoms with E-state index in [4.69, 9.17) is 0 Å². The van der Waals surface area contributed by atoms with Crippen molar-refractivity contribution in [2.24, 2.45) is 5.92 Å². The minimum Gasteiger partial charge on any atom is -0.0651 e. The zero-order valence-corrected chi connectivity index (χ0v) is 10.4. The van der Waals surface area contributed by atoms with E-state index >= 15 is 0 Å². The molecule has 84 valence electrons. The van der Waals surface area contributed by atoms with E-state index in [1.165, 1.54) is 22.8 Å². The highest BCUT2D eigenvalue weighted by molar-refractivity contribution is 5.86. The lowest BCUT2D eigenvalue weighted by Crippen LogP contribution is -2.05. The molecule has 16 heavy (non-hydrogen) atoms. The lowest BCUT2D eigenvalue weighted by atomic mass is 9.85. The van der Waals surface area contributed by atoms with Crippen molar-refractivity contribution in [3.8, 4) is 0 Å². The SMILES string of the molecule is CCC(C)C(C)c1cccc2ccccc12. The van der Waals surface area contributed by atoms with Crippen molar-refractivity contribution in [2.75, 3.05) is 0 Å². The molecular weight excluding hydrogens is 192 g/mol. The Bertz CT molecular complexity index is 465. The van der Waals surface area contributed by atoms with E-state index in [0.717, 1.165) is 5.92 Å². The second-order valence-electron chi connectivity index (χ2n) is 4.74. The lowest BCUT2D eigenvalue weighted by molar-refractivity contribution is 0.475. The topological polar surface area (TPSA) is 0 Å². The molecule has 0 aromatic heterocycles. The summed E-state index contributed by atoms with van der Waals surface area (Å²) in [6.07, 6.45) is 1.24. The average molecular weight is 212 g/mol. The Hall–Kier alpha value is -1.30. The van der Waals surface area contributed by atoms with Crippen LogP contribution in [0, 0.1) is 5.92 Å². The first-order valence-electron chi connectivity index (χ1n) is 6.21. The summed E-state index contributed by atoms with van der Waals surface area (Å²) in [5, 5.41) is 2.77. The van der Waals surface area contributed by atoms with E-state index in [1.54, 1.807) is 0 Å². The summed E-state index contributed by atoms with van der Waals surface area (Å²) in [4.78, 5) is 0. The van der Waals surface area contributed by atoms with Crippen molar-refractivity contribution in [2.45, 2.75) is 33.1 Å². The van der Waals surface area contributed by atoms with Crippen LogP contribution in [-0.2, 0) is 0 Å². The Morgan fingerprint density at radius 2 is 1.62 bits per heavy atom. The number of benzene rings is 2. The normalized spacial score (nSPS) is 14.9. The van der Waals surface area contributed by atoms with Crippen LogP contribution in [0.25, 0.3) is 10.8 Å². The first-order chi connectivity index (χ1) is 7.74. The molecule has 2 atom stereocenters. The maximum Gasteiger partial charge on any atom is -0.0149 e. The van der Waals surface area contributed by atoms with Gasteiger partial charge in [-0.25, -0.2) is 0 Å². The van der Waals surface area contributed by atoms with Crippen molar-refractivity contribution >= 4 is 10.8 Å². The van der Waals surface area contributed by atoms with Gasteiger partial charge >= 0.3 is 0 Å². The van der Waals surface area contributed by atoms with Crippen LogP contribution in [0.4, 0.5) is 0 Å². The first kappa shape index (κ1) is 11.2. The molecule has 0 aliphatic heterocycles. The molecule has 2 unspecified atom stereocenters. The van der Waals surface area contributed by atoms with Gasteiger partial charge in [0.15, 0.2) is 0 Å². The summed E-state index contributed by atoms with van der Waals surface area (Å²) in [5.74, 6) is 1.38. The van der Waals surface area contributed by atoms with Gasteiger partial charge in [0.2, 0.25) is 0 Å². The Balaban J connectivity index is 2.52. The highest BCUT2D eigenvalue weighted by atomic mass is 14.2. The Morgan fingerprint density at radius 1 is 0.938 bits per heavy atom. The molecule has 0 nitrogen and oxygen atoms in total. The van der Waals surface area contributed by atoms with Crippen LogP contribution in [0.2, 0.25) is 0 Å². The Morgan fingerprint density at radius 3 is 2.38 bits per heavy atom. The van der Waals surface area contributed by atoms with Gasteiger partial charge in [-0.05, 0) is 28.2 Å². The van der Waals surface area contributed by atoms with Gasteiger partial charge in [-0.2, -0.15) is 0 Å². The first-order valence-corrected chi connectivity index (χ1v) is 6.21. The Kier molecular flexibility index (Phi) is 3.28. The monoisotopic (exact) mass is 212 g/mol. The molecule has 0 amide bonds. The van der Waals surface area contributed by atoms with Crippen molar-refractivity contribution in [3.63, 3.8) is 0 Å². The molecule has 0 fully saturated rings. The second-order valence-corrected chi connectivity index (χ2v) is 4.74.